The number of thiazole rings is 1. The summed E-state index contributed by atoms with van der Waals surface area (Å²) < 4.78 is 5.57. The molecule has 1 unspecified atom stereocenters. The van der Waals surface area contributed by atoms with Crippen LogP contribution in [0.4, 0.5) is 0 Å². The zero-order valence-electron chi connectivity index (χ0n) is 16.7. The number of likely N-dealkylation sites (tertiary alicyclic amines) is 1. The highest BCUT2D eigenvalue weighted by Gasteiger charge is 2.45. The third-order valence-corrected chi connectivity index (χ3v) is 6.65. The summed E-state index contributed by atoms with van der Waals surface area (Å²) in [7, 11) is 0. The first-order chi connectivity index (χ1) is 14.0. The number of rotatable bonds is 6. The Bertz CT molecular complexity index is 941. The summed E-state index contributed by atoms with van der Waals surface area (Å²) in [6, 6.07) is 2.74. The van der Waals surface area contributed by atoms with Crippen molar-refractivity contribution in [2.24, 2.45) is 0 Å². The first-order valence-electron chi connectivity index (χ1n) is 9.96. The van der Waals surface area contributed by atoms with Gasteiger partial charge in [0.05, 0.1) is 27.4 Å². The Hall–Kier alpha value is -2.45. The Morgan fingerprint density at radius 1 is 1.28 bits per heavy atom. The molecule has 2 aromatic rings. The molecule has 8 heteroatoms. The maximum absolute atomic E-state index is 13.3. The minimum Gasteiger partial charge on any atom is -0.503 e. The number of aromatic nitrogens is 1. The predicted molar refractivity (Wildman–Crippen MR) is 109 cm³/mol. The molecule has 7 nitrogen and oxygen atoms in total. The molecule has 1 saturated heterocycles. The van der Waals surface area contributed by atoms with Gasteiger partial charge in [0.25, 0.3) is 5.91 Å². The van der Waals surface area contributed by atoms with Gasteiger partial charge in [0.15, 0.2) is 5.76 Å². The Morgan fingerprint density at radius 3 is 2.66 bits per heavy atom. The van der Waals surface area contributed by atoms with Gasteiger partial charge in [-0.1, -0.05) is 6.42 Å². The number of hydrogen-bond donors (Lipinski definition) is 1. The first kappa shape index (κ1) is 19.8. The van der Waals surface area contributed by atoms with Gasteiger partial charge in [-0.05, 0) is 51.9 Å². The molecule has 4 heterocycles. The van der Waals surface area contributed by atoms with Crippen LogP contribution >= 0.6 is 11.3 Å². The minimum atomic E-state index is -0.725. The van der Waals surface area contributed by atoms with Crippen molar-refractivity contribution in [3.05, 3.63) is 51.1 Å². The van der Waals surface area contributed by atoms with Gasteiger partial charge in [-0.15, -0.1) is 11.3 Å². The maximum atomic E-state index is 13.3. The number of furan rings is 1. The van der Waals surface area contributed by atoms with Crippen molar-refractivity contribution in [1.82, 2.24) is 14.8 Å². The van der Waals surface area contributed by atoms with Crippen LogP contribution in [0.3, 0.4) is 0 Å². The smallest absolute Gasteiger partial charge is 0.290 e. The lowest BCUT2D eigenvalue weighted by atomic mass is 9.99. The molecule has 29 heavy (non-hydrogen) atoms. The highest BCUT2D eigenvalue weighted by Crippen LogP contribution is 2.40. The molecular formula is C21H25N3O4S. The molecule has 0 bridgehead atoms. The number of carbonyl (C=O) groups is 2. The van der Waals surface area contributed by atoms with Crippen LogP contribution < -0.4 is 0 Å². The lowest BCUT2D eigenvalue weighted by Crippen LogP contribution is -2.40. The average Bonchev–Trinajstić information content (AvgIpc) is 3.41. The van der Waals surface area contributed by atoms with Crippen LogP contribution in [0.5, 0.6) is 0 Å². The normalized spacial score (nSPS) is 20.7. The van der Waals surface area contributed by atoms with Crippen LogP contribution in [-0.4, -0.2) is 57.8 Å². The lowest BCUT2D eigenvalue weighted by molar-refractivity contribution is -0.129. The third-order valence-electron chi connectivity index (χ3n) is 5.58. The average molecular weight is 416 g/mol. The summed E-state index contributed by atoms with van der Waals surface area (Å²) >= 11 is 1.27. The number of Topliss-reactive ketones (excluding diaryl/α,β-unsaturated/α-hetero) is 1. The number of hydrogen-bond acceptors (Lipinski definition) is 7. The summed E-state index contributed by atoms with van der Waals surface area (Å²) in [5.41, 5.74) is 0.686. The number of aliphatic hydroxyl groups is 1. The van der Waals surface area contributed by atoms with E-state index in [1.54, 1.807) is 24.0 Å². The number of ketones is 1. The van der Waals surface area contributed by atoms with Gasteiger partial charge in [0.1, 0.15) is 11.8 Å². The topological polar surface area (TPSA) is 86.9 Å². The van der Waals surface area contributed by atoms with E-state index in [0.717, 1.165) is 30.9 Å². The van der Waals surface area contributed by atoms with Crippen molar-refractivity contribution in [1.29, 1.82) is 0 Å². The van der Waals surface area contributed by atoms with E-state index in [9.17, 15) is 14.7 Å². The van der Waals surface area contributed by atoms with Crippen LogP contribution in [0.15, 0.2) is 34.1 Å². The Labute approximate surface area is 173 Å². The fourth-order valence-corrected chi connectivity index (χ4v) is 5.03. The standard InChI is InChI=1S/C21H25N3O4S/c1-13-20(29-14(2)22-13)18(25)16-17(15-7-6-12-28-15)24(21(27)19(16)26)11-10-23-8-4-3-5-9-23/h6-7,12,17,26H,3-5,8-11H2,1-2H3. The molecule has 0 aliphatic carbocycles. The molecule has 1 fully saturated rings. The molecule has 2 aliphatic heterocycles. The van der Waals surface area contributed by atoms with E-state index in [2.05, 4.69) is 9.88 Å². The van der Waals surface area contributed by atoms with Crippen LogP contribution in [0.25, 0.3) is 0 Å². The number of nitrogens with zero attached hydrogens (tertiary/aromatic N) is 3. The SMILES string of the molecule is Cc1nc(C)c(C(=O)C2=C(O)C(=O)N(CCN3CCCCC3)C2c2ccco2)s1. The van der Waals surface area contributed by atoms with Crippen molar-refractivity contribution in [2.75, 3.05) is 26.2 Å². The highest BCUT2D eigenvalue weighted by atomic mass is 32.1. The number of aliphatic hydroxyl groups excluding tert-OH is 1. The van der Waals surface area contributed by atoms with E-state index in [1.807, 2.05) is 6.92 Å². The van der Waals surface area contributed by atoms with Gasteiger partial charge in [0.2, 0.25) is 5.78 Å². The van der Waals surface area contributed by atoms with Crippen LogP contribution in [0.1, 0.15) is 51.4 Å². The molecular weight excluding hydrogens is 390 g/mol. The molecule has 2 aliphatic rings. The van der Waals surface area contributed by atoms with Gasteiger partial charge in [-0.2, -0.15) is 0 Å². The van der Waals surface area contributed by atoms with Crippen LogP contribution in [0.2, 0.25) is 0 Å². The van der Waals surface area contributed by atoms with Gasteiger partial charge >= 0.3 is 0 Å². The quantitative estimate of drug-likeness (QED) is 0.728. The van der Waals surface area contributed by atoms with Gasteiger partial charge in [-0.3, -0.25) is 9.59 Å². The monoisotopic (exact) mass is 415 g/mol. The van der Waals surface area contributed by atoms with Crippen molar-refractivity contribution in [3.63, 3.8) is 0 Å². The zero-order valence-corrected chi connectivity index (χ0v) is 17.5. The Kier molecular flexibility index (Phi) is 5.56. The maximum Gasteiger partial charge on any atom is 0.290 e. The molecule has 1 amide bonds. The van der Waals surface area contributed by atoms with E-state index >= 15 is 0 Å². The largest absolute Gasteiger partial charge is 0.503 e. The fourth-order valence-electron chi connectivity index (χ4n) is 4.16. The summed E-state index contributed by atoms with van der Waals surface area (Å²) in [4.78, 5) is 34.9. The van der Waals surface area contributed by atoms with Gasteiger partial charge < -0.3 is 19.3 Å². The molecule has 1 N–H and O–H groups in total. The summed E-state index contributed by atoms with van der Waals surface area (Å²) in [6.45, 7) is 6.75. The molecule has 0 saturated carbocycles. The number of aryl methyl sites for hydroxylation is 2. The Balaban J connectivity index is 1.65. The summed E-state index contributed by atoms with van der Waals surface area (Å²) in [6.07, 6.45) is 5.07. The predicted octanol–water partition coefficient (Wildman–Crippen LogP) is 3.42. The second-order valence-corrected chi connectivity index (χ2v) is 8.76. The van der Waals surface area contributed by atoms with E-state index < -0.39 is 17.7 Å². The lowest BCUT2D eigenvalue weighted by Gasteiger charge is -2.30. The zero-order chi connectivity index (χ0) is 20.5. The summed E-state index contributed by atoms with van der Waals surface area (Å²) in [5, 5.41) is 11.4. The fraction of sp³-hybridized carbons (Fsp3) is 0.476. The van der Waals surface area contributed by atoms with Gasteiger partial charge in [-0.25, -0.2) is 4.98 Å². The molecule has 0 radical (unpaired) electrons. The number of amides is 1. The van der Waals surface area contributed by atoms with E-state index in [4.69, 9.17) is 4.42 Å². The van der Waals surface area contributed by atoms with Gasteiger partial charge in [0, 0.05) is 13.1 Å². The highest BCUT2D eigenvalue weighted by molar-refractivity contribution is 7.14. The van der Waals surface area contributed by atoms with Crippen molar-refractivity contribution in [3.8, 4) is 0 Å². The number of piperidine rings is 1. The molecule has 0 spiro atoms. The van der Waals surface area contributed by atoms with Crippen LogP contribution in [0, 0.1) is 13.8 Å². The van der Waals surface area contributed by atoms with Crippen LogP contribution in [-0.2, 0) is 4.79 Å². The molecule has 4 rings (SSSR count). The summed E-state index contributed by atoms with van der Waals surface area (Å²) in [5.74, 6) is -0.893. The molecule has 2 aromatic heterocycles. The molecule has 1 atom stereocenters. The molecule has 154 valence electrons. The van der Waals surface area contributed by atoms with Crippen molar-refractivity contribution < 1.29 is 19.1 Å². The second kappa shape index (κ2) is 8.12. The van der Waals surface area contributed by atoms with E-state index in [1.165, 1.54) is 24.0 Å². The van der Waals surface area contributed by atoms with Crippen molar-refractivity contribution in [2.45, 2.75) is 39.2 Å². The second-order valence-electron chi connectivity index (χ2n) is 7.56. The van der Waals surface area contributed by atoms with E-state index in [-0.39, 0.29) is 11.4 Å². The number of carbonyl (C=O) groups excluding carboxylic acids is 2. The van der Waals surface area contributed by atoms with E-state index in [0.29, 0.717) is 29.4 Å². The molecule has 0 aromatic carbocycles. The van der Waals surface area contributed by atoms with Crippen molar-refractivity contribution >= 4 is 23.0 Å². The minimum absolute atomic E-state index is 0.0790. The Morgan fingerprint density at radius 2 is 2.03 bits per heavy atom. The third kappa shape index (κ3) is 3.74. The first-order valence-corrected chi connectivity index (χ1v) is 10.8.